The molecule has 21 heavy (non-hydrogen) atoms. The van der Waals surface area contributed by atoms with Crippen molar-refractivity contribution in [2.75, 3.05) is 31.5 Å². The molecule has 7 heteroatoms. The summed E-state index contributed by atoms with van der Waals surface area (Å²) in [7, 11) is 0. The number of nitro benzene ring substituents is 1. The van der Waals surface area contributed by atoms with Gasteiger partial charge in [-0.3, -0.25) is 10.1 Å². The Morgan fingerprint density at radius 1 is 1.19 bits per heavy atom. The number of hydrogen-bond donors (Lipinski definition) is 1. The molecular formula is C14H19F2N3O2. The van der Waals surface area contributed by atoms with Crippen LogP contribution in [-0.4, -0.2) is 36.0 Å². The summed E-state index contributed by atoms with van der Waals surface area (Å²) >= 11 is 0. The molecule has 116 valence electrons. The van der Waals surface area contributed by atoms with E-state index in [2.05, 4.69) is 10.2 Å². The van der Waals surface area contributed by atoms with E-state index in [9.17, 15) is 18.9 Å². The van der Waals surface area contributed by atoms with Crippen LogP contribution in [0.4, 0.5) is 20.2 Å². The van der Waals surface area contributed by atoms with E-state index in [-0.39, 0.29) is 5.69 Å². The smallest absolute Gasteiger partial charge is 0.295 e. The number of anilines is 1. The van der Waals surface area contributed by atoms with Gasteiger partial charge in [-0.25, -0.2) is 8.78 Å². The van der Waals surface area contributed by atoms with E-state index in [4.69, 9.17) is 0 Å². The van der Waals surface area contributed by atoms with Gasteiger partial charge in [0.05, 0.1) is 4.92 Å². The van der Waals surface area contributed by atoms with Gasteiger partial charge in [0.15, 0.2) is 17.3 Å². The fraction of sp³-hybridized carbons (Fsp3) is 0.571. The number of halogens is 2. The van der Waals surface area contributed by atoms with Gasteiger partial charge in [-0.2, -0.15) is 0 Å². The van der Waals surface area contributed by atoms with Crippen molar-refractivity contribution in [1.82, 2.24) is 4.90 Å². The summed E-state index contributed by atoms with van der Waals surface area (Å²) in [5, 5.41) is 13.5. The molecule has 1 aromatic rings. The standard InChI is InChI=1S/C14H19F2N3O2/c15-11-5-6-12(19(20)21)14(13(11)16)17-7-10-18-8-3-1-2-4-9-18/h5-6,17H,1-4,7-10H2. The summed E-state index contributed by atoms with van der Waals surface area (Å²) in [6.45, 7) is 2.97. The molecule has 0 saturated carbocycles. The number of nitro groups is 1. The molecule has 0 atom stereocenters. The molecule has 1 fully saturated rings. The summed E-state index contributed by atoms with van der Waals surface area (Å²) in [6, 6.07) is 1.75. The highest BCUT2D eigenvalue weighted by Crippen LogP contribution is 2.28. The van der Waals surface area contributed by atoms with Crippen LogP contribution in [0.1, 0.15) is 25.7 Å². The van der Waals surface area contributed by atoms with Gasteiger partial charge in [0.1, 0.15) is 0 Å². The average Bonchev–Trinajstić information content (AvgIpc) is 2.72. The third-order valence-corrected chi connectivity index (χ3v) is 3.70. The summed E-state index contributed by atoms with van der Waals surface area (Å²) < 4.78 is 26.9. The minimum atomic E-state index is -1.19. The third kappa shape index (κ3) is 4.10. The first-order chi connectivity index (χ1) is 10.1. The molecular weight excluding hydrogens is 280 g/mol. The van der Waals surface area contributed by atoms with E-state index in [1.165, 1.54) is 12.8 Å². The first-order valence-electron chi connectivity index (χ1n) is 7.18. The van der Waals surface area contributed by atoms with Crippen molar-refractivity contribution in [1.29, 1.82) is 0 Å². The zero-order chi connectivity index (χ0) is 15.2. The molecule has 1 N–H and O–H groups in total. The Kier molecular flexibility index (Phi) is 5.44. The van der Waals surface area contributed by atoms with Crippen molar-refractivity contribution in [3.63, 3.8) is 0 Å². The van der Waals surface area contributed by atoms with Gasteiger partial charge in [-0.15, -0.1) is 0 Å². The molecule has 1 aliphatic rings. The van der Waals surface area contributed by atoms with Gasteiger partial charge in [-0.05, 0) is 32.0 Å². The second-order valence-corrected chi connectivity index (χ2v) is 5.20. The second-order valence-electron chi connectivity index (χ2n) is 5.20. The molecule has 1 heterocycles. The molecule has 0 aliphatic carbocycles. The Labute approximate surface area is 122 Å². The molecule has 0 spiro atoms. The van der Waals surface area contributed by atoms with Gasteiger partial charge >= 0.3 is 0 Å². The van der Waals surface area contributed by atoms with E-state index in [1.807, 2.05) is 0 Å². The zero-order valence-electron chi connectivity index (χ0n) is 11.8. The normalized spacial score (nSPS) is 16.5. The molecule has 2 rings (SSSR count). The van der Waals surface area contributed by atoms with Crippen molar-refractivity contribution in [2.45, 2.75) is 25.7 Å². The maximum absolute atomic E-state index is 13.7. The lowest BCUT2D eigenvalue weighted by molar-refractivity contribution is -0.384. The Hall–Kier alpha value is -1.76. The number of benzene rings is 1. The maximum Gasteiger partial charge on any atom is 0.295 e. The Bertz CT molecular complexity index is 503. The number of nitrogens with zero attached hydrogens (tertiary/aromatic N) is 2. The van der Waals surface area contributed by atoms with E-state index >= 15 is 0 Å². The number of rotatable bonds is 5. The average molecular weight is 299 g/mol. The molecule has 0 aromatic heterocycles. The fourth-order valence-corrected chi connectivity index (χ4v) is 2.56. The lowest BCUT2D eigenvalue weighted by Gasteiger charge is -2.20. The predicted octanol–water partition coefficient (Wildman–Crippen LogP) is 3.16. The molecule has 1 aromatic carbocycles. The van der Waals surface area contributed by atoms with Crippen LogP contribution in [0.3, 0.4) is 0 Å². The van der Waals surface area contributed by atoms with Crippen molar-refractivity contribution >= 4 is 11.4 Å². The molecule has 0 amide bonds. The number of likely N-dealkylation sites (tertiary alicyclic amines) is 1. The van der Waals surface area contributed by atoms with Crippen LogP contribution in [0.5, 0.6) is 0 Å². The summed E-state index contributed by atoms with van der Waals surface area (Å²) in [5.74, 6) is -2.28. The van der Waals surface area contributed by atoms with Gasteiger partial charge in [-0.1, -0.05) is 12.8 Å². The maximum atomic E-state index is 13.7. The van der Waals surface area contributed by atoms with Crippen LogP contribution < -0.4 is 5.32 Å². The highest BCUT2D eigenvalue weighted by molar-refractivity contribution is 5.62. The van der Waals surface area contributed by atoms with Gasteiger partial charge in [0.2, 0.25) is 0 Å². The van der Waals surface area contributed by atoms with Crippen LogP contribution in [-0.2, 0) is 0 Å². The lowest BCUT2D eigenvalue weighted by atomic mass is 10.2. The van der Waals surface area contributed by atoms with Crippen LogP contribution in [0.2, 0.25) is 0 Å². The summed E-state index contributed by atoms with van der Waals surface area (Å²) in [6.07, 6.45) is 4.70. The monoisotopic (exact) mass is 299 g/mol. The van der Waals surface area contributed by atoms with Gasteiger partial charge in [0, 0.05) is 19.2 Å². The second kappa shape index (κ2) is 7.31. The van der Waals surface area contributed by atoms with E-state index in [0.717, 1.165) is 38.1 Å². The Balaban J connectivity index is 1.98. The highest BCUT2D eigenvalue weighted by Gasteiger charge is 2.21. The van der Waals surface area contributed by atoms with Crippen molar-refractivity contribution < 1.29 is 13.7 Å². The van der Waals surface area contributed by atoms with Crippen molar-refractivity contribution in [3.05, 3.63) is 33.9 Å². The van der Waals surface area contributed by atoms with Gasteiger partial charge in [0.25, 0.3) is 5.69 Å². The minimum Gasteiger partial charge on any atom is -0.376 e. The largest absolute Gasteiger partial charge is 0.376 e. The van der Waals surface area contributed by atoms with Crippen LogP contribution in [0, 0.1) is 21.7 Å². The van der Waals surface area contributed by atoms with Crippen molar-refractivity contribution in [3.8, 4) is 0 Å². The summed E-state index contributed by atoms with van der Waals surface area (Å²) in [4.78, 5) is 12.4. The van der Waals surface area contributed by atoms with Crippen LogP contribution in [0.25, 0.3) is 0 Å². The molecule has 1 saturated heterocycles. The fourth-order valence-electron chi connectivity index (χ4n) is 2.56. The SMILES string of the molecule is O=[N+]([O-])c1ccc(F)c(F)c1NCCN1CCCCCC1. The van der Waals surface area contributed by atoms with Gasteiger partial charge < -0.3 is 10.2 Å². The Morgan fingerprint density at radius 3 is 2.48 bits per heavy atom. The van der Waals surface area contributed by atoms with E-state index < -0.39 is 22.2 Å². The van der Waals surface area contributed by atoms with Crippen LogP contribution >= 0.6 is 0 Å². The Morgan fingerprint density at radius 2 is 1.86 bits per heavy atom. The molecule has 0 bridgehead atoms. The predicted molar refractivity (Wildman–Crippen MR) is 76.4 cm³/mol. The summed E-state index contributed by atoms with van der Waals surface area (Å²) in [5.41, 5.74) is -0.806. The zero-order valence-corrected chi connectivity index (χ0v) is 11.8. The number of hydrogen-bond acceptors (Lipinski definition) is 4. The minimum absolute atomic E-state index is 0.348. The van der Waals surface area contributed by atoms with E-state index in [0.29, 0.717) is 13.1 Å². The third-order valence-electron chi connectivity index (χ3n) is 3.70. The highest BCUT2D eigenvalue weighted by atomic mass is 19.2. The molecule has 1 aliphatic heterocycles. The van der Waals surface area contributed by atoms with Crippen molar-refractivity contribution in [2.24, 2.45) is 0 Å². The first-order valence-corrected chi connectivity index (χ1v) is 7.18. The molecule has 5 nitrogen and oxygen atoms in total. The lowest BCUT2D eigenvalue weighted by Crippen LogP contribution is -2.30. The van der Waals surface area contributed by atoms with Crippen LogP contribution in [0.15, 0.2) is 12.1 Å². The quantitative estimate of drug-likeness (QED) is 0.670. The molecule has 0 unspecified atom stereocenters. The topological polar surface area (TPSA) is 58.4 Å². The number of nitrogens with one attached hydrogen (secondary N) is 1. The van der Waals surface area contributed by atoms with E-state index in [1.54, 1.807) is 0 Å². The first kappa shape index (κ1) is 15.6. The molecule has 0 radical (unpaired) electrons.